The van der Waals surface area contributed by atoms with E-state index in [0.29, 0.717) is 11.5 Å². The number of nitrogens with one attached hydrogen (secondary N) is 2. The van der Waals surface area contributed by atoms with Gasteiger partial charge in [0.05, 0.1) is 12.0 Å². The number of hydrogen-bond donors (Lipinski definition) is 2. The summed E-state index contributed by atoms with van der Waals surface area (Å²) in [7, 11) is 0. The van der Waals surface area contributed by atoms with Crippen molar-refractivity contribution >= 4 is 16.6 Å². The Hall–Kier alpha value is -3.52. The number of hydrogen-bond acceptors (Lipinski definition) is 3. The van der Waals surface area contributed by atoms with Crippen molar-refractivity contribution in [1.82, 2.24) is 29.2 Å². The number of alkyl halides is 2. The van der Waals surface area contributed by atoms with Gasteiger partial charge < -0.3 is 14.4 Å². The van der Waals surface area contributed by atoms with E-state index in [1.807, 2.05) is 35.1 Å². The van der Waals surface area contributed by atoms with Crippen LogP contribution >= 0.6 is 0 Å². The third-order valence-corrected chi connectivity index (χ3v) is 6.97. The predicted molar refractivity (Wildman–Crippen MR) is 128 cm³/mol. The predicted octanol–water partition coefficient (Wildman–Crippen LogP) is 5.39. The Kier molecular flexibility index (Phi) is 5.37. The van der Waals surface area contributed by atoms with Gasteiger partial charge in [0.15, 0.2) is 0 Å². The molecule has 0 aliphatic carbocycles. The van der Waals surface area contributed by atoms with Crippen molar-refractivity contribution < 1.29 is 8.78 Å². The molecule has 2 N–H and O–H groups in total. The molecule has 0 unspecified atom stereocenters. The minimum Gasteiger partial charge on any atom is -0.354 e. The molecule has 4 aromatic heterocycles. The minimum atomic E-state index is -2.41. The van der Waals surface area contributed by atoms with Crippen LogP contribution in [0.5, 0.6) is 0 Å². The number of fused-ring (bicyclic) bond motifs is 2. The molecule has 0 radical (unpaired) electrons. The van der Waals surface area contributed by atoms with Gasteiger partial charge in [-0.05, 0) is 67.2 Å². The van der Waals surface area contributed by atoms with Gasteiger partial charge >= 0.3 is 0 Å². The number of pyridine rings is 1. The van der Waals surface area contributed by atoms with Crippen LogP contribution in [-0.2, 0) is 13.0 Å². The Bertz CT molecular complexity index is 1410. The molecule has 5 heterocycles. The molecular formula is C26H26F2N6. The van der Waals surface area contributed by atoms with Crippen molar-refractivity contribution in [1.29, 1.82) is 0 Å². The molecule has 34 heavy (non-hydrogen) atoms. The third kappa shape index (κ3) is 3.98. The molecule has 0 bridgehead atoms. The first kappa shape index (κ1) is 21.0. The number of aromatic amines is 2. The van der Waals surface area contributed by atoms with E-state index in [-0.39, 0.29) is 6.42 Å². The fourth-order valence-corrected chi connectivity index (χ4v) is 5.24. The van der Waals surface area contributed by atoms with Crippen LogP contribution in [0.25, 0.3) is 27.8 Å². The summed E-state index contributed by atoms with van der Waals surface area (Å²) < 4.78 is 29.2. The third-order valence-electron chi connectivity index (χ3n) is 6.97. The molecule has 1 saturated heterocycles. The van der Waals surface area contributed by atoms with E-state index in [9.17, 15) is 8.78 Å². The number of piperidine rings is 1. The molecule has 1 aromatic carbocycles. The highest BCUT2D eigenvalue weighted by molar-refractivity contribution is 5.91. The topological polar surface area (TPSA) is 65.0 Å². The van der Waals surface area contributed by atoms with E-state index >= 15 is 0 Å². The average Bonchev–Trinajstić information content (AvgIpc) is 3.59. The molecule has 1 aliphatic heterocycles. The second-order valence-electron chi connectivity index (χ2n) is 9.12. The number of aromatic nitrogens is 5. The highest BCUT2D eigenvalue weighted by Crippen LogP contribution is 2.36. The molecule has 5 aromatic rings. The van der Waals surface area contributed by atoms with Crippen molar-refractivity contribution in [3.05, 3.63) is 78.3 Å². The molecule has 8 heteroatoms. The van der Waals surface area contributed by atoms with E-state index in [1.165, 1.54) is 5.56 Å². The zero-order valence-electron chi connectivity index (χ0n) is 18.7. The molecule has 0 saturated carbocycles. The first-order valence-electron chi connectivity index (χ1n) is 11.7. The molecule has 174 valence electrons. The Morgan fingerprint density at radius 3 is 2.79 bits per heavy atom. The SMILES string of the molecule is FC(F)Cc1c(-c2ccc3nccn3c2)[nH]c2ccc(C3CCN(Cc4cnc[nH]4)CC3)cc12. The summed E-state index contributed by atoms with van der Waals surface area (Å²) in [4.78, 5) is 17.4. The normalized spacial score (nSPS) is 15.7. The summed E-state index contributed by atoms with van der Waals surface area (Å²) in [5, 5.41) is 0.901. The second kappa shape index (κ2) is 8.68. The smallest absolute Gasteiger partial charge is 0.242 e. The summed E-state index contributed by atoms with van der Waals surface area (Å²) in [5.74, 6) is 0.433. The number of imidazole rings is 2. The maximum atomic E-state index is 13.6. The van der Waals surface area contributed by atoms with Gasteiger partial charge in [-0.3, -0.25) is 4.90 Å². The van der Waals surface area contributed by atoms with E-state index in [1.54, 1.807) is 12.5 Å². The lowest BCUT2D eigenvalue weighted by atomic mass is 9.88. The first-order valence-corrected chi connectivity index (χ1v) is 11.7. The van der Waals surface area contributed by atoms with Crippen LogP contribution < -0.4 is 0 Å². The van der Waals surface area contributed by atoms with Crippen molar-refractivity contribution in [3.63, 3.8) is 0 Å². The van der Waals surface area contributed by atoms with Gasteiger partial charge in [0.25, 0.3) is 0 Å². The number of halogens is 2. The molecule has 1 fully saturated rings. The van der Waals surface area contributed by atoms with Gasteiger partial charge in [-0.2, -0.15) is 0 Å². The van der Waals surface area contributed by atoms with Crippen LogP contribution in [0.15, 0.2) is 61.4 Å². The molecule has 0 atom stereocenters. The van der Waals surface area contributed by atoms with E-state index in [4.69, 9.17) is 0 Å². The van der Waals surface area contributed by atoms with Gasteiger partial charge in [-0.1, -0.05) is 6.07 Å². The maximum Gasteiger partial charge on any atom is 0.242 e. The molecule has 6 rings (SSSR count). The zero-order chi connectivity index (χ0) is 23.1. The number of rotatable bonds is 6. The van der Waals surface area contributed by atoms with E-state index in [2.05, 4.69) is 43.0 Å². The Morgan fingerprint density at radius 2 is 2.00 bits per heavy atom. The minimum absolute atomic E-state index is 0.274. The summed E-state index contributed by atoms with van der Waals surface area (Å²) in [6, 6.07) is 10.2. The van der Waals surface area contributed by atoms with Gasteiger partial charge in [-0.25, -0.2) is 18.7 Å². The molecule has 0 amide bonds. The number of likely N-dealkylation sites (tertiary alicyclic amines) is 1. The standard InChI is InChI=1S/C26H26F2N6/c27-24(28)12-22-21-11-18(17-5-8-33(9-6-17)15-20-13-29-16-31-20)1-3-23(21)32-26(22)19-2-4-25-30-7-10-34(25)14-19/h1-4,7,10-11,13-14,16-17,24,32H,5-6,8-9,12,15H2,(H,29,31). The van der Waals surface area contributed by atoms with Gasteiger partial charge in [0, 0.05) is 59.9 Å². The summed E-state index contributed by atoms with van der Waals surface area (Å²) >= 11 is 0. The summed E-state index contributed by atoms with van der Waals surface area (Å²) in [6.45, 7) is 2.90. The lowest BCUT2D eigenvalue weighted by Gasteiger charge is -2.31. The van der Waals surface area contributed by atoms with Crippen LogP contribution in [0.3, 0.4) is 0 Å². The lowest BCUT2D eigenvalue weighted by molar-refractivity contribution is 0.149. The second-order valence-corrected chi connectivity index (χ2v) is 9.12. The highest BCUT2D eigenvalue weighted by atomic mass is 19.3. The van der Waals surface area contributed by atoms with Gasteiger partial charge in [-0.15, -0.1) is 0 Å². The fourth-order valence-electron chi connectivity index (χ4n) is 5.24. The number of nitrogens with zero attached hydrogens (tertiary/aromatic N) is 4. The van der Waals surface area contributed by atoms with Crippen molar-refractivity contribution in [3.8, 4) is 11.3 Å². The Balaban J connectivity index is 1.30. The van der Waals surface area contributed by atoms with E-state index in [0.717, 1.165) is 66.0 Å². The molecular weight excluding hydrogens is 434 g/mol. The fraction of sp³-hybridized carbons (Fsp3) is 0.308. The zero-order valence-corrected chi connectivity index (χ0v) is 18.7. The maximum absolute atomic E-state index is 13.6. The first-order chi connectivity index (χ1) is 16.6. The number of benzene rings is 1. The molecule has 1 aliphatic rings. The monoisotopic (exact) mass is 460 g/mol. The Morgan fingerprint density at radius 1 is 1.12 bits per heavy atom. The van der Waals surface area contributed by atoms with Crippen molar-refractivity contribution in [2.24, 2.45) is 0 Å². The lowest BCUT2D eigenvalue weighted by Crippen LogP contribution is -2.32. The average molecular weight is 461 g/mol. The number of H-pyrrole nitrogens is 2. The summed E-state index contributed by atoms with van der Waals surface area (Å²) in [6.07, 6.45) is 8.55. The summed E-state index contributed by atoms with van der Waals surface area (Å²) in [5.41, 5.74) is 6.42. The highest BCUT2D eigenvalue weighted by Gasteiger charge is 2.23. The van der Waals surface area contributed by atoms with Crippen LogP contribution in [0.2, 0.25) is 0 Å². The van der Waals surface area contributed by atoms with Crippen LogP contribution in [-0.4, -0.2) is 48.8 Å². The van der Waals surface area contributed by atoms with Crippen LogP contribution in [0.4, 0.5) is 8.78 Å². The van der Waals surface area contributed by atoms with Crippen molar-refractivity contribution in [2.75, 3.05) is 13.1 Å². The van der Waals surface area contributed by atoms with E-state index < -0.39 is 6.43 Å². The van der Waals surface area contributed by atoms with Gasteiger partial charge in [0.2, 0.25) is 6.43 Å². The van der Waals surface area contributed by atoms with Crippen LogP contribution in [0.1, 0.15) is 35.6 Å². The molecule has 6 nitrogen and oxygen atoms in total. The molecule has 0 spiro atoms. The quantitative estimate of drug-likeness (QED) is 0.357. The largest absolute Gasteiger partial charge is 0.354 e. The van der Waals surface area contributed by atoms with Crippen molar-refractivity contribution in [2.45, 2.75) is 38.2 Å². The van der Waals surface area contributed by atoms with Crippen LogP contribution in [0, 0.1) is 0 Å². The Labute approximate surface area is 195 Å². The van der Waals surface area contributed by atoms with Gasteiger partial charge in [0.1, 0.15) is 5.65 Å².